The van der Waals surface area contributed by atoms with E-state index in [9.17, 15) is 4.39 Å². The molecule has 2 N–H and O–H groups in total. The molecule has 0 spiro atoms. The van der Waals surface area contributed by atoms with Crippen molar-refractivity contribution >= 4 is 0 Å². The van der Waals surface area contributed by atoms with Crippen molar-refractivity contribution in [1.29, 1.82) is 0 Å². The predicted octanol–water partition coefficient (Wildman–Crippen LogP) is 2.34. The Kier molecular flexibility index (Phi) is 2.75. The van der Waals surface area contributed by atoms with Crippen molar-refractivity contribution in [1.82, 2.24) is 9.78 Å². The Morgan fingerprint density at radius 1 is 1.44 bits per heavy atom. The molecule has 0 saturated carbocycles. The van der Waals surface area contributed by atoms with E-state index in [0.717, 1.165) is 11.3 Å². The molecule has 3 nitrogen and oxygen atoms in total. The zero-order valence-electron chi connectivity index (χ0n) is 9.31. The fourth-order valence-electron chi connectivity index (χ4n) is 1.66. The van der Waals surface area contributed by atoms with Gasteiger partial charge >= 0.3 is 0 Å². The SMILES string of the molecule is Cc1cc(-n2cccn2)c([C@@H](C)N)cc1F. The van der Waals surface area contributed by atoms with Gasteiger partial charge in [0.1, 0.15) is 5.82 Å². The van der Waals surface area contributed by atoms with Gasteiger partial charge in [-0.05, 0) is 43.2 Å². The van der Waals surface area contributed by atoms with Gasteiger partial charge in [0.05, 0.1) is 5.69 Å². The van der Waals surface area contributed by atoms with Crippen LogP contribution in [0.5, 0.6) is 0 Å². The van der Waals surface area contributed by atoms with Crippen molar-refractivity contribution < 1.29 is 4.39 Å². The van der Waals surface area contributed by atoms with Crippen LogP contribution in [-0.2, 0) is 0 Å². The number of nitrogens with two attached hydrogens (primary N) is 1. The molecule has 1 heterocycles. The molecule has 2 rings (SSSR count). The monoisotopic (exact) mass is 219 g/mol. The number of nitrogens with zero attached hydrogens (tertiary/aromatic N) is 2. The number of aromatic nitrogens is 2. The minimum absolute atomic E-state index is 0.228. The molecule has 0 saturated heterocycles. The molecule has 0 radical (unpaired) electrons. The van der Waals surface area contributed by atoms with Crippen LogP contribution in [-0.4, -0.2) is 9.78 Å². The van der Waals surface area contributed by atoms with E-state index in [0.29, 0.717) is 5.56 Å². The summed E-state index contributed by atoms with van der Waals surface area (Å²) < 4.78 is 15.2. The molecule has 0 bridgehead atoms. The Morgan fingerprint density at radius 2 is 2.19 bits per heavy atom. The smallest absolute Gasteiger partial charge is 0.126 e. The van der Waals surface area contributed by atoms with Crippen molar-refractivity contribution in [3.63, 3.8) is 0 Å². The minimum Gasteiger partial charge on any atom is -0.324 e. The van der Waals surface area contributed by atoms with E-state index in [1.165, 1.54) is 6.07 Å². The second-order valence-electron chi connectivity index (χ2n) is 3.90. The van der Waals surface area contributed by atoms with Crippen LogP contribution in [0.3, 0.4) is 0 Å². The van der Waals surface area contributed by atoms with Crippen molar-refractivity contribution in [2.75, 3.05) is 0 Å². The van der Waals surface area contributed by atoms with Gasteiger partial charge < -0.3 is 5.73 Å². The average molecular weight is 219 g/mol. The number of hydrogen-bond acceptors (Lipinski definition) is 2. The van der Waals surface area contributed by atoms with Gasteiger partial charge in [0.2, 0.25) is 0 Å². The van der Waals surface area contributed by atoms with E-state index in [-0.39, 0.29) is 11.9 Å². The van der Waals surface area contributed by atoms with Gasteiger partial charge in [-0.15, -0.1) is 0 Å². The maximum Gasteiger partial charge on any atom is 0.126 e. The molecule has 0 aliphatic heterocycles. The van der Waals surface area contributed by atoms with E-state index >= 15 is 0 Å². The normalized spacial score (nSPS) is 12.8. The zero-order chi connectivity index (χ0) is 11.7. The predicted molar refractivity (Wildman–Crippen MR) is 60.9 cm³/mol. The van der Waals surface area contributed by atoms with Crippen LogP contribution in [0.4, 0.5) is 4.39 Å². The molecular formula is C12H14FN3. The highest BCUT2D eigenvalue weighted by Gasteiger charge is 2.12. The highest BCUT2D eigenvalue weighted by molar-refractivity contribution is 5.45. The lowest BCUT2D eigenvalue weighted by atomic mass is 10.0. The lowest BCUT2D eigenvalue weighted by molar-refractivity contribution is 0.611. The van der Waals surface area contributed by atoms with Gasteiger partial charge in [0.15, 0.2) is 0 Å². The first kappa shape index (κ1) is 10.8. The number of halogens is 1. The maximum atomic E-state index is 13.5. The summed E-state index contributed by atoms with van der Waals surface area (Å²) in [6, 6.07) is 4.84. The van der Waals surface area contributed by atoms with E-state index in [4.69, 9.17) is 5.73 Å². The first-order chi connectivity index (χ1) is 7.59. The van der Waals surface area contributed by atoms with Crippen LogP contribution in [0.2, 0.25) is 0 Å². The molecule has 84 valence electrons. The zero-order valence-corrected chi connectivity index (χ0v) is 9.31. The van der Waals surface area contributed by atoms with E-state index < -0.39 is 0 Å². The molecule has 2 aromatic rings. The Bertz CT molecular complexity index is 489. The summed E-state index contributed by atoms with van der Waals surface area (Å²) in [5, 5.41) is 4.14. The van der Waals surface area contributed by atoms with Crippen LogP contribution in [0.25, 0.3) is 5.69 Å². The van der Waals surface area contributed by atoms with Gasteiger partial charge in [-0.25, -0.2) is 9.07 Å². The fraction of sp³-hybridized carbons (Fsp3) is 0.250. The summed E-state index contributed by atoms with van der Waals surface area (Å²) in [5.74, 6) is -0.233. The van der Waals surface area contributed by atoms with Crippen LogP contribution in [0.1, 0.15) is 24.1 Å². The van der Waals surface area contributed by atoms with Gasteiger partial charge in [-0.1, -0.05) is 0 Å². The van der Waals surface area contributed by atoms with Gasteiger partial charge in [0, 0.05) is 18.4 Å². The van der Waals surface area contributed by atoms with Crippen LogP contribution in [0, 0.1) is 12.7 Å². The molecule has 0 aliphatic carbocycles. The summed E-state index contributed by atoms with van der Waals surface area (Å²) in [6.45, 7) is 3.56. The summed E-state index contributed by atoms with van der Waals surface area (Å²) >= 11 is 0. The van der Waals surface area contributed by atoms with Crippen LogP contribution in [0.15, 0.2) is 30.6 Å². The summed E-state index contributed by atoms with van der Waals surface area (Å²) in [4.78, 5) is 0. The lowest BCUT2D eigenvalue weighted by Crippen LogP contribution is -2.11. The molecule has 0 unspecified atom stereocenters. The molecule has 1 aromatic carbocycles. The molecule has 0 aliphatic rings. The van der Waals surface area contributed by atoms with Crippen LogP contribution >= 0.6 is 0 Å². The quantitative estimate of drug-likeness (QED) is 0.842. The van der Waals surface area contributed by atoms with E-state index in [1.807, 2.05) is 19.2 Å². The second-order valence-corrected chi connectivity index (χ2v) is 3.90. The number of aryl methyl sites for hydroxylation is 1. The standard InChI is InChI=1S/C12H14FN3/c1-8-6-12(16-5-3-4-15-16)10(9(2)14)7-11(8)13/h3-7,9H,14H2,1-2H3/t9-/m1/s1. The summed E-state index contributed by atoms with van der Waals surface area (Å²) in [7, 11) is 0. The first-order valence-corrected chi connectivity index (χ1v) is 5.15. The number of hydrogen-bond donors (Lipinski definition) is 1. The third-order valence-corrected chi connectivity index (χ3v) is 2.55. The largest absolute Gasteiger partial charge is 0.324 e. The number of benzene rings is 1. The van der Waals surface area contributed by atoms with E-state index in [1.54, 1.807) is 23.9 Å². The van der Waals surface area contributed by atoms with E-state index in [2.05, 4.69) is 5.10 Å². The molecule has 16 heavy (non-hydrogen) atoms. The Labute approximate surface area is 93.7 Å². The van der Waals surface area contributed by atoms with Gasteiger partial charge in [-0.2, -0.15) is 5.10 Å². The molecule has 1 atom stereocenters. The third-order valence-electron chi connectivity index (χ3n) is 2.55. The maximum absolute atomic E-state index is 13.5. The van der Waals surface area contributed by atoms with Crippen molar-refractivity contribution in [3.05, 3.63) is 47.5 Å². The van der Waals surface area contributed by atoms with Crippen molar-refractivity contribution in [2.45, 2.75) is 19.9 Å². The Morgan fingerprint density at radius 3 is 2.75 bits per heavy atom. The summed E-state index contributed by atoms with van der Waals surface area (Å²) in [5.41, 5.74) is 8.01. The Balaban J connectivity index is 2.63. The third kappa shape index (κ3) is 1.84. The molecule has 0 fully saturated rings. The summed E-state index contributed by atoms with van der Waals surface area (Å²) in [6.07, 6.45) is 3.50. The topological polar surface area (TPSA) is 43.8 Å². The second kappa shape index (κ2) is 4.06. The molecule has 1 aromatic heterocycles. The molecular weight excluding hydrogens is 205 g/mol. The highest BCUT2D eigenvalue weighted by Crippen LogP contribution is 2.23. The molecule has 0 amide bonds. The average Bonchev–Trinajstić information content (AvgIpc) is 2.74. The minimum atomic E-state index is -0.233. The highest BCUT2D eigenvalue weighted by atomic mass is 19.1. The number of rotatable bonds is 2. The lowest BCUT2D eigenvalue weighted by Gasteiger charge is -2.14. The van der Waals surface area contributed by atoms with Crippen molar-refractivity contribution in [3.8, 4) is 5.69 Å². The first-order valence-electron chi connectivity index (χ1n) is 5.15. The van der Waals surface area contributed by atoms with Gasteiger partial charge in [-0.3, -0.25) is 0 Å². The molecule has 4 heteroatoms. The van der Waals surface area contributed by atoms with Crippen molar-refractivity contribution in [2.24, 2.45) is 5.73 Å². The van der Waals surface area contributed by atoms with Crippen LogP contribution < -0.4 is 5.73 Å². The van der Waals surface area contributed by atoms with Gasteiger partial charge in [0.25, 0.3) is 0 Å². The Hall–Kier alpha value is -1.68. The fourth-order valence-corrected chi connectivity index (χ4v) is 1.66.